The maximum Gasteiger partial charge on any atom is 0.0746 e. The molecule has 0 aliphatic carbocycles. The summed E-state index contributed by atoms with van der Waals surface area (Å²) in [5, 5.41) is 0. The van der Waals surface area contributed by atoms with Crippen LogP contribution in [0, 0.1) is 0 Å². The molecule has 0 radical (unpaired) electrons. The molecule has 0 saturated heterocycles. The normalized spacial score (nSPS) is 11.7. The predicted octanol–water partition coefficient (Wildman–Crippen LogP) is 1.31. The van der Waals surface area contributed by atoms with Gasteiger partial charge in [0.2, 0.25) is 0 Å². The summed E-state index contributed by atoms with van der Waals surface area (Å²) in [4.78, 5) is 0. The van der Waals surface area contributed by atoms with Gasteiger partial charge < -0.3 is 11.5 Å². The van der Waals surface area contributed by atoms with Gasteiger partial charge >= 0.3 is 0 Å². The smallest absolute Gasteiger partial charge is 0.0746 e. The molecule has 0 atom stereocenters. The van der Waals surface area contributed by atoms with Gasteiger partial charge in [0.15, 0.2) is 0 Å². The van der Waals surface area contributed by atoms with Crippen LogP contribution in [0.3, 0.4) is 0 Å². The molecule has 0 aromatic heterocycles. The molecule has 2 nitrogen and oxygen atoms in total. The van der Waals surface area contributed by atoms with Crippen molar-refractivity contribution in [1.29, 1.82) is 0 Å². The van der Waals surface area contributed by atoms with E-state index in [2.05, 4.69) is 13.2 Å². The Hall–Kier alpha value is -0.860. The molecule has 0 rings (SSSR count). The van der Waals surface area contributed by atoms with E-state index in [4.69, 9.17) is 11.5 Å². The van der Waals surface area contributed by atoms with E-state index in [1.807, 2.05) is 12.2 Å². The van der Waals surface area contributed by atoms with E-state index >= 15 is 0 Å². The van der Waals surface area contributed by atoms with Crippen LogP contribution in [0.2, 0.25) is 0 Å². The van der Waals surface area contributed by atoms with E-state index in [1.165, 1.54) is 0 Å². The maximum absolute atomic E-state index is 5.49. The van der Waals surface area contributed by atoms with E-state index in [9.17, 15) is 0 Å². The zero-order chi connectivity index (χ0) is 8.69. The standard InChI is InChI=1S/C9H16N2/c1-3-5-7-8(6-4-2)9(10)11/h3-4,7,9H,1-2,5-6,10-11H2. The van der Waals surface area contributed by atoms with Gasteiger partial charge in [-0.25, -0.2) is 0 Å². The van der Waals surface area contributed by atoms with Crippen LogP contribution in [0.15, 0.2) is 37.0 Å². The lowest BCUT2D eigenvalue weighted by Gasteiger charge is -2.07. The van der Waals surface area contributed by atoms with E-state index in [1.54, 1.807) is 6.08 Å². The van der Waals surface area contributed by atoms with E-state index in [0.29, 0.717) is 0 Å². The van der Waals surface area contributed by atoms with Crippen LogP contribution in [-0.4, -0.2) is 6.17 Å². The van der Waals surface area contributed by atoms with Crippen molar-refractivity contribution < 1.29 is 0 Å². The van der Waals surface area contributed by atoms with Crippen LogP contribution < -0.4 is 11.5 Å². The van der Waals surface area contributed by atoms with E-state index < -0.39 is 0 Å². The minimum Gasteiger partial charge on any atom is -0.313 e. The molecule has 0 aromatic rings. The van der Waals surface area contributed by atoms with Crippen LogP contribution in [0.4, 0.5) is 0 Å². The summed E-state index contributed by atoms with van der Waals surface area (Å²) in [6, 6.07) is 0. The average Bonchev–Trinajstić information content (AvgIpc) is 1.97. The fourth-order valence-corrected chi connectivity index (χ4v) is 0.757. The predicted molar refractivity (Wildman–Crippen MR) is 49.9 cm³/mol. The highest BCUT2D eigenvalue weighted by atomic mass is 14.8. The molecule has 0 amide bonds. The van der Waals surface area contributed by atoms with Crippen molar-refractivity contribution in [3.63, 3.8) is 0 Å². The molecule has 0 aliphatic rings. The minimum atomic E-state index is -0.368. The fourth-order valence-electron chi connectivity index (χ4n) is 0.757. The Morgan fingerprint density at radius 1 is 1.27 bits per heavy atom. The molecule has 11 heavy (non-hydrogen) atoms. The van der Waals surface area contributed by atoms with Crippen molar-refractivity contribution in [2.75, 3.05) is 0 Å². The zero-order valence-corrected chi connectivity index (χ0v) is 6.79. The number of hydrogen-bond donors (Lipinski definition) is 2. The van der Waals surface area contributed by atoms with Gasteiger partial charge in [-0.15, -0.1) is 13.2 Å². The van der Waals surface area contributed by atoms with Crippen LogP contribution in [0.5, 0.6) is 0 Å². The third-order valence-corrected chi connectivity index (χ3v) is 1.35. The molecule has 0 heterocycles. The topological polar surface area (TPSA) is 52.0 Å². The molecular formula is C9H16N2. The molecule has 4 N–H and O–H groups in total. The highest BCUT2D eigenvalue weighted by Gasteiger charge is 1.99. The van der Waals surface area contributed by atoms with Crippen molar-refractivity contribution in [3.8, 4) is 0 Å². The van der Waals surface area contributed by atoms with Gasteiger partial charge in [-0.1, -0.05) is 18.2 Å². The third-order valence-electron chi connectivity index (χ3n) is 1.35. The molecule has 0 unspecified atom stereocenters. The SMILES string of the molecule is C=CCC=C(CC=C)C(N)N. The fraction of sp³-hybridized carbons (Fsp3) is 0.333. The summed E-state index contributed by atoms with van der Waals surface area (Å²) in [5.74, 6) is 0. The highest BCUT2D eigenvalue weighted by Crippen LogP contribution is 2.04. The lowest BCUT2D eigenvalue weighted by molar-refractivity contribution is 0.790. The Labute approximate surface area is 68.3 Å². The number of rotatable bonds is 5. The van der Waals surface area contributed by atoms with E-state index in [0.717, 1.165) is 18.4 Å². The molecule has 0 aliphatic heterocycles. The monoisotopic (exact) mass is 152 g/mol. The molecule has 62 valence electrons. The van der Waals surface area contributed by atoms with Crippen LogP contribution in [-0.2, 0) is 0 Å². The lowest BCUT2D eigenvalue weighted by atomic mass is 10.1. The Morgan fingerprint density at radius 2 is 1.91 bits per heavy atom. The molecule has 0 fully saturated rings. The van der Waals surface area contributed by atoms with Gasteiger partial charge in [-0.2, -0.15) is 0 Å². The quantitative estimate of drug-likeness (QED) is 0.461. The van der Waals surface area contributed by atoms with Crippen LogP contribution in [0.25, 0.3) is 0 Å². The van der Waals surface area contributed by atoms with Gasteiger partial charge in [0.25, 0.3) is 0 Å². The number of nitrogens with two attached hydrogens (primary N) is 2. The molecule has 0 bridgehead atoms. The first-order valence-electron chi connectivity index (χ1n) is 3.64. The first-order valence-corrected chi connectivity index (χ1v) is 3.64. The maximum atomic E-state index is 5.49. The van der Waals surface area contributed by atoms with Crippen molar-refractivity contribution >= 4 is 0 Å². The Morgan fingerprint density at radius 3 is 2.27 bits per heavy atom. The number of allylic oxidation sites excluding steroid dienone is 3. The van der Waals surface area contributed by atoms with Crippen molar-refractivity contribution in [1.82, 2.24) is 0 Å². The average molecular weight is 152 g/mol. The molecular weight excluding hydrogens is 136 g/mol. The Balaban J connectivity index is 4.06. The van der Waals surface area contributed by atoms with Gasteiger partial charge in [-0.05, 0) is 18.4 Å². The Bertz CT molecular complexity index is 157. The third kappa shape index (κ3) is 4.53. The highest BCUT2D eigenvalue weighted by molar-refractivity contribution is 5.12. The zero-order valence-electron chi connectivity index (χ0n) is 6.79. The summed E-state index contributed by atoms with van der Waals surface area (Å²) < 4.78 is 0. The van der Waals surface area contributed by atoms with Crippen molar-refractivity contribution in [2.24, 2.45) is 11.5 Å². The molecule has 0 saturated carbocycles. The summed E-state index contributed by atoms with van der Waals surface area (Å²) >= 11 is 0. The Kier molecular flexibility index (Phi) is 5.43. The van der Waals surface area contributed by atoms with Crippen molar-refractivity contribution in [3.05, 3.63) is 37.0 Å². The summed E-state index contributed by atoms with van der Waals surface area (Å²) in [5.41, 5.74) is 12.0. The first-order chi connectivity index (χ1) is 5.22. The second-order valence-corrected chi connectivity index (χ2v) is 2.32. The largest absolute Gasteiger partial charge is 0.313 e. The van der Waals surface area contributed by atoms with Gasteiger partial charge in [0.05, 0.1) is 6.17 Å². The molecule has 2 heteroatoms. The molecule has 0 spiro atoms. The van der Waals surface area contributed by atoms with Gasteiger partial charge in [-0.3, -0.25) is 0 Å². The summed E-state index contributed by atoms with van der Waals surface area (Å²) in [6.45, 7) is 7.21. The van der Waals surface area contributed by atoms with Gasteiger partial charge in [0, 0.05) is 0 Å². The van der Waals surface area contributed by atoms with Crippen LogP contribution >= 0.6 is 0 Å². The van der Waals surface area contributed by atoms with Crippen molar-refractivity contribution in [2.45, 2.75) is 19.0 Å². The molecule has 0 aromatic carbocycles. The minimum absolute atomic E-state index is 0.368. The second kappa shape index (κ2) is 5.89. The second-order valence-electron chi connectivity index (χ2n) is 2.32. The first kappa shape index (κ1) is 10.1. The van der Waals surface area contributed by atoms with Crippen LogP contribution in [0.1, 0.15) is 12.8 Å². The summed E-state index contributed by atoms with van der Waals surface area (Å²) in [6.07, 6.45) is 6.79. The number of hydrogen-bond acceptors (Lipinski definition) is 2. The van der Waals surface area contributed by atoms with Gasteiger partial charge in [0.1, 0.15) is 0 Å². The summed E-state index contributed by atoms with van der Waals surface area (Å²) in [7, 11) is 0. The lowest BCUT2D eigenvalue weighted by Crippen LogP contribution is -2.32. The van der Waals surface area contributed by atoms with E-state index in [-0.39, 0.29) is 6.17 Å².